The zero-order valence-electron chi connectivity index (χ0n) is 11.6. The smallest absolute Gasteiger partial charge is 0.323 e. The van der Waals surface area contributed by atoms with Gasteiger partial charge in [-0.2, -0.15) is 0 Å². The van der Waals surface area contributed by atoms with E-state index in [1.165, 1.54) is 0 Å². The zero-order chi connectivity index (χ0) is 14.7. The standard InChI is InChI=1S/C15H18N2O3/c1-3-10(2)17(9-14(18)19)13-8-11-6-4-5-7-12(11)15(20)16-13/h4-8,10H,3,9H2,1-2H3,(H,16,20)(H,18,19). The van der Waals surface area contributed by atoms with E-state index in [4.69, 9.17) is 5.11 Å². The number of carboxylic acid groups (broad SMARTS) is 1. The van der Waals surface area contributed by atoms with E-state index in [9.17, 15) is 9.59 Å². The van der Waals surface area contributed by atoms with Gasteiger partial charge in [-0.05, 0) is 30.9 Å². The number of hydrogen-bond donors (Lipinski definition) is 2. The van der Waals surface area contributed by atoms with Crippen LogP contribution in [0, 0.1) is 0 Å². The fourth-order valence-corrected chi connectivity index (χ4v) is 2.20. The molecule has 0 fully saturated rings. The van der Waals surface area contributed by atoms with E-state index in [1.807, 2.05) is 32.0 Å². The number of rotatable bonds is 5. The molecule has 106 valence electrons. The van der Waals surface area contributed by atoms with Crippen LogP contribution in [0.5, 0.6) is 0 Å². The van der Waals surface area contributed by atoms with Crippen LogP contribution in [0.1, 0.15) is 20.3 Å². The van der Waals surface area contributed by atoms with Crippen molar-refractivity contribution in [2.45, 2.75) is 26.3 Å². The molecule has 0 saturated heterocycles. The fraction of sp³-hybridized carbons (Fsp3) is 0.333. The number of nitrogens with one attached hydrogen (secondary N) is 1. The molecule has 20 heavy (non-hydrogen) atoms. The Kier molecular flexibility index (Phi) is 4.08. The molecular weight excluding hydrogens is 256 g/mol. The summed E-state index contributed by atoms with van der Waals surface area (Å²) in [4.78, 5) is 27.6. The first-order valence-corrected chi connectivity index (χ1v) is 6.63. The normalized spacial score (nSPS) is 12.3. The van der Waals surface area contributed by atoms with Gasteiger partial charge in [0.05, 0.1) is 0 Å². The number of aromatic amines is 1. The molecule has 1 atom stereocenters. The third-order valence-electron chi connectivity index (χ3n) is 3.48. The SMILES string of the molecule is CCC(C)N(CC(=O)O)c1cc2ccccc2c(=O)[nH]1. The van der Waals surface area contributed by atoms with Crippen molar-refractivity contribution in [2.75, 3.05) is 11.4 Å². The second kappa shape index (κ2) is 5.77. The third-order valence-corrected chi connectivity index (χ3v) is 3.48. The van der Waals surface area contributed by atoms with Gasteiger partial charge in [-0.3, -0.25) is 9.59 Å². The highest BCUT2D eigenvalue weighted by molar-refractivity contribution is 5.84. The van der Waals surface area contributed by atoms with Crippen LogP contribution in [0.2, 0.25) is 0 Å². The van der Waals surface area contributed by atoms with E-state index in [0.29, 0.717) is 11.2 Å². The van der Waals surface area contributed by atoms with Crippen LogP contribution < -0.4 is 10.5 Å². The molecule has 1 aromatic heterocycles. The Labute approximate surface area is 116 Å². The molecule has 1 aromatic carbocycles. The molecule has 0 aliphatic heterocycles. The molecule has 5 nitrogen and oxygen atoms in total. The molecular formula is C15H18N2O3. The zero-order valence-corrected chi connectivity index (χ0v) is 11.6. The van der Waals surface area contributed by atoms with Gasteiger partial charge in [0, 0.05) is 11.4 Å². The second-order valence-electron chi connectivity index (χ2n) is 4.85. The average molecular weight is 274 g/mol. The van der Waals surface area contributed by atoms with Gasteiger partial charge in [0.15, 0.2) is 0 Å². The Morgan fingerprint density at radius 2 is 2.10 bits per heavy atom. The maximum atomic E-state index is 12.1. The highest BCUT2D eigenvalue weighted by Crippen LogP contribution is 2.19. The van der Waals surface area contributed by atoms with Crippen molar-refractivity contribution in [2.24, 2.45) is 0 Å². The Hall–Kier alpha value is -2.30. The first-order valence-electron chi connectivity index (χ1n) is 6.63. The minimum atomic E-state index is -0.917. The lowest BCUT2D eigenvalue weighted by Crippen LogP contribution is -2.38. The Bertz CT molecular complexity index is 678. The van der Waals surface area contributed by atoms with Crippen LogP contribution >= 0.6 is 0 Å². The van der Waals surface area contributed by atoms with Gasteiger partial charge in [-0.25, -0.2) is 0 Å². The summed E-state index contributed by atoms with van der Waals surface area (Å²) in [5, 5.41) is 10.5. The molecule has 2 rings (SSSR count). The molecule has 0 aliphatic carbocycles. The van der Waals surface area contributed by atoms with E-state index in [2.05, 4.69) is 4.98 Å². The number of benzene rings is 1. The number of nitrogens with zero attached hydrogens (tertiary/aromatic N) is 1. The minimum absolute atomic E-state index is 0.0305. The molecule has 0 radical (unpaired) electrons. The Balaban J connectivity index is 2.53. The summed E-state index contributed by atoms with van der Waals surface area (Å²) in [5.74, 6) is -0.371. The number of aliphatic carboxylic acids is 1. The first kappa shape index (κ1) is 14.1. The minimum Gasteiger partial charge on any atom is -0.480 e. The molecule has 0 aliphatic rings. The maximum Gasteiger partial charge on any atom is 0.323 e. The molecule has 0 spiro atoms. The van der Waals surface area contributed by atoms with Gasteiger partial charge in [-0.1, -0.05) is 25.1 Å². The highest BCUT2D eigenvalue weighted by atomic mass is 16.4. The van der Waals surface area contributed by atoms with E-state index in [1.54, 1.807) is 17.0 Å². The summed E-state index contributed by atoms with van der Waals surface area (Å²) >= 11 is 0. The molecule has 1 unspecified atom stereocenters. The lowest BCUT2D eigenvalue weighted by Gasteiger charge is -2.28. The van der Waals surface area contributed by atoms with E-state index < -0.39 is 5.97 Å². The quantitative estimate of drug-likeness (QED) is 0.876. The topological polar surface area (TPSA) is 73.4 Å². The summed E-state index contributed by atoms with van der Waals surface area (Å²) in [6.07, 6.45) is 0.794. The predicted molar refractivity (Wildman–Crippen MR) is 79.3 cm³/mol. The third kappa shape index (κ3) is 2.82. The van der Waals surface area contributed by atoms with Gasteiger partial charge < -0.3 is 15.0 Å². The van der Waals surface area contributed by atoms with Crippen LogP contribution in [0.3, 0.4) is 0 Å². The lowest BCUT2D eigenvalue weighted by atomic mass is 10.1. The van der Waals surface area contributed by atoms with Crippen LogP contribution in [0.4, 0.5) is 5.82 Å². The number of pyridine rings is 1. The maximum absolute atomic E-state index is 12.1. The predicted octanol–water partition coefficient (Wildman–Crippen LogP) is 2.22. The van der Waals surface area contributed by atoms with E-state index >= 15 is 0 Å². The van der Waals surface area contributed by atoms with Crippen LogP contribution in [-0.2, 0) is 4.79 Å². The number of fused-ring (bicyclic) bond motifs is 1. The summed E-state index contributed by atoms with van der Waals surface area (Å²) in [6.45, 7) is 3.79. The van der Waals surface area contributed by atoms with Crippen molar-refractivity contribution < 1.29 is 9.90 Å². The number of hydrogen-bond acceptors (Lipinski definition) is 3. The lowest BCUT2D eigenvalue weighted by molar-refractivity contribution is -0.135. The van der Waals surface area contributed by atoms with E-state index in [-0.39, 0.29) is 18.1 Å². The van der Waals surface area contributed by atoms with Gasteiger partial charge >= 0.3 is 5.97 Å². The van der Waals surface area contributed by atoms with Crippen molar-refractivity contribution >= 4 is 22.6 Å². The highest BCUT2D eigenvalue weighted by Gasteiger charge is 2.17. The molecule has 2 N–H and O–H groups in total. The van der Waals surface area contributed by atoms with Crippen molar-refractivity contribution in [1.82, 2.24) is 4.98 Å². The first-order chi connectivity index (χ1) is 9.52. The van der Waals surface area contributed by atoms with Crippen molar-refractivity contribution in [3.63, 3.8) is 0 Å². The Morgan fingerprint density at radius 1 is 1.40 bits per heavy atom. The number of carboxylic acids is 1. The molecule has 5 heteroatoms. The largest absolute Gasteiger partial charge is 0.480 e. The van der Waals surface area contributed by atoms with E-state index in [0.717, 1.165) is 11.8 Å². The second-order valence-corrected chi connectivity index (χ2v) is 4.85. The molecule has 0 amide bonds. The molecule has 0 bridgehead atoms. The summed E-state index contributed by atoms with van der Waals surface area (Å²) in [5.41, 5.74) is -0.197. The molecule has 1 heterocycles. The van der Waals surface area contributed by atoms with Crippen LogP contribution in [-0.4, -0.2) is 28.6 Å². The summed E-state index contributed by atoms with van der Waals surface area (Å²) in [6, 6.07) is 9.12. The van der Waals surface area contributed by atoms with Gasteiger partial charge in [0.2, 0.25) is 0 Å². The van der Waals surface area contributed by atoms with Crippen molar-refractivity contribution in [3.05, 3.63) is 40.7 Å². The van der Waals surface area contributed by atoms with Crippen LogP contribution in [0.15, 0.2) is 35.1 Å². The molecule has 0 saturated carbocycles. The molecule has 2 aromatic rings. The van der Waals surface area contributed by atoms with Crippen molar-refractivity contribution in [3.8, 4) is 0 Å². The number of anilines is 1. The number of aromatic nitrogens is 1. The van der Waals surface area contributed by atoms with Crippen molar-refractivity contribution in [1.29, 1.82) is 0 Å². The summed E-state index contributed by atoms with van der Waals surface area (Å²) in [7, 11) is 0. The van der Waals surface area contributed by atoms with Gasteiger partial charge in [0.25, 0.3) is 5.56 Å². The number of H-pyrrole nitrogens is 1. The summed E-state index contributed by atoms with van der Waals surface area (Å²) < 4.78 is 0. The monoisotopic (exact) mass is 274 g/mol. The van der Waals surface area contributed by atoms with Gasteiger partial charge in [0.1, 0.15) is 12.4 Å². The van der Waals surface area contributed by atoms with Gasteiger partial charge in [-0.15, -0.1) is 0 Å². The number of carbonyl (C=O) groups is 1. The average Bonchev–Trinajstić information content (AvgIpc) is 2.43. The fourth-order valence-electron chi connectivity index (χ4n) is 2.20. The Morgan fingerprint density at radius 3 is 2.75 bits per heavy atom. The van der Waals surface area contributed by atoms with Crippen LogP contribution in [0.25, 0.3) is 10.8 Å².